The van der Waals surface area contributed by atoms with E-state index in [9.17, 15) is 4.79 Å². The zero-order chi connectivity index (χ0) is 18.9. The van der Waals surface area contributed by atoms with Crippen LogP contribution < -0.4 is 0 Å². The van der Waals surface area contributed by atoms with E-state index in [1.54, 1.807) is 22.6 Å². The Morgan fingerprint density at radius 1 is 1.21 bits per heavy atom. The van der Waals surface area contributed by atoms with Gasteiger partial charge in [-0.1, -0.05) is 6.07 Å². The van der Waals surface area contributed by atoms with Gasteiger partial charge < -0.3 is 4.42 Å². The summed E-state index contributed by atoms with van der Waals surface area (Å²) >= 11 is 1.68. The molecule has 0 radical (unpaired) electrons. The van der Waals surface area contributed by atoms with Crippen LogP contribution in [0.25, 0.3) is 0 Å². The van der Waals surface area contributed by atoms with Crippen LogP contribution in [-0.4, -0.2) is 65.2 Å². The predicted molar refractivity (Wildman–Crippen MR) is 109 cm³/mol. The zero-order valence-corrected chi connectivity index (χ0v) is 16.8. The Balaban J connectivity index is 1.29. The number of furan rings is 1. The average Bonchev–Trinajstić information content (AvgIpc) is 3.53. The van der Waals surface area contributed by atoms with Crippen molar-refractivity contribution in [2.75, 3.05) is 32.7 Å². The van der Waals surface area contributed by atoms with E-state index in [-0.39, 0.29) is 11.9 Å². The first-order valence-electron chi connectivity index (χ1n) is 10.2. The molecule has 3 aliphatic rings. The fourth-order valence-electron chi connectivity index (χ4n) is 4.66. The molecule has 2 atom stereocenters. The normalized spacial score (nSPS) is 26.3. The summed E-state index contributed by atoms with van der Waals surface area (Å²) in [7, 11) is 0. The molecule has 5 heterocycles. The molecule has 3 aliphatic heterocycles. The van der Waals surface area contributed by atoms with E-state index in [4.69, 9.17) is 4.42 Å². The number of hydrogen-bond acceptors (Lipinski definition) is 6. The number of thiophene rings is 1. The molecule has 2 unspecified atom stereocenters. The third kappa shape index (κ3) is 3.54. The average molecular weight is 399 g/mol. The van der Waals surface area contributed by atoms with Crippen molar-refractivity contribution in [2.45, 2.75) is 37.8 Å². The van der Waals surface area contributed by atoms with Crippen molar-refractivity contribution in [3.8, 4) is 0 Å². The topological polar surface area (TPSA) is 52.3 Å². The predicted octanol–water partition coefficient (Wildman–Crippen LogP) is 3.19. The van der Waals surface area contributed by atoms with Crippen molar-refractivity contribution in [1.29, 1.82) is 0 Å². The summed E-state index contributed by atoms with van der Waals surface area (Å²) in [5.41, 5.74) is 0.855. The summed E-state index contributed by atoms with van der Waals surface area (Å²) in [6, 6.07) is 8.50. The van der Waals surface area contributed by atoms with Gasteiger partial charge in [0.2, 0.25) is 0 Å². The molecule has 2 fully saturated rings. The minimum Gasteiger partial charge on any atom is -0.463 e. The lowest BCUT2D eigenvalue weighted by Crippen LogP contribution is -2.39. The molecule has 0 aliphatic carbocycles. The van der Waals surface area contributed by atoms with Gasteiger partial charge in [0.15, 0.2) is 0 Å². The molecule has 148 valence electrons. The number of nitrogens with zero attached hydrogens (tertiary/aromatic N) is 4. The molecule has 28 heavy (non-hydrogen) atoms. The quantitative estimate of drug-likeness (QED) is 0.776. The summed E-state index contributed by atoms with van der Waals surface area (Å²) in [6.45, 7) is 4.88. The Morgan fingerprint density at radius 3 is 2.86 bits per heavy atom. The van der Waals surface area contributed by atoms with Crippen molar-refractivity contribution in [1.82, 2.24) is 14.8 Å². The Kier molecular flexibility index (Phi) is 5.05. The fourth-order valence-corrected chi connectivity index (χ4v) is 5.47. The Bertz CT molecular complexity index is 827. The van der Waals surface area contributed by atoms with Crippen LogP contribution in [0.15, 0.2) is 45.4 Å². The third-order valence-corrected chi connectivity index (χ3v) is 7.08. The lowest BCUT2D eigenvalue weighted by atomic mass is 10.1. The van der Waals surface area contributed by atoms with Gasteiger partial charge in [0, 0.05) is 30.4 Å². The number of hydrazone groups is 1. The molecule has 2 aromatic heterocycles. The van der Waals surface area contributed by atoms with Crippen molar-refractivity contribution in [3.05, 3.63) is 46.5 Å². The van der Waals surface area contributed by atoms with Crippen LogP contribution in [0.4, 0.5) is 0 Å². The molecule has 0 spiro atoms. The van der Waals surface area contributed by atoms with Crippen LogP contribution in [0.5, 0.6) is 0 Å². The molecular weight excluding hydrogens is 372 g/mol. The van der Waals surface area contributed by atoms with Crippen molar-refractivity contribution in [3.63, 3.8) is 0 Å². The summed E-state index contributed by atoms with van der Waals surface area (Å²) < 4.78 is 5.53. The van der Waals surface area contributed by atoms with Crippen molar-refractivity contribution < 1.29 is 9.21 Å². The second kappa shape index (κ2) is 7.81. The first-order valence-corrected chi connectivity index (χ1v) is 11.1. The van der Waals surface area contributed by atoms with E-state index in [0.717, 1.165) is 24.6 Å². The van der Waals surface area contributed by atoms with E-state index in [0.29, 0.717) is 19.0 Å². The molecule has 2 saturated heterocycles. The van der Waals surface area contributed by atoms with E-state index < -0.39 is 0 Å². The highest BCUT2D eigenvalue weighted by atomic mass is 32.1. The number of rotatable bonds is 5. The van der Waals surface area contributed by atoms with Gasteiger partial charge >= 0.3 is 0 Å². The highest BCUT2D eigenvalue weighted by Crippen LogP contribution is 2.35. The second-order valence-corrected chi connectivity index (χ2v) is 8.90. The molecule has 0 N–H and O–H groups in total. The summed E-state index contributed by atoms with van der Waals surface area (Å²) in [6.07, 6.45) is 6.16. The minimum atomic E-state index is -0.0235. The standard InChI is InChI=1S/C21H26N4O2S/c26-21(15-23-10-7-16(14-23)24-8-1-2-9-24)25-18(20-6-4-12-28-20)13-17(22-25)19-5-3-11-27-19/h3-6,11-12,16,18H,1-2,7-10,13-15H2. The Hall–Kier alpha value is -1.96. The van der Waals surface area contributed by atoms with Gasteiger partial charge in [0.25, 0.3) is 5.91 Å². The fraction of sp³-hybridized carbons (Fsp3) is 0.524. The first kappa shape index (κ1) is 18.1. The third-order valence-electron chi connectivity index (χ3n) is 6.11. The highest BCUT2D eigenvalue weighted by molar-refractivity contribution is 7.10. The maximum absolute atomic E-state index is 13.2. The number of hydrogen-bond donors (Lipinski definition) is 0. The van der Waals surface area contributed by atoms with Gasteiger partial charge in [-0.25, -0.2) is 5.01 Å². The molecule has 6 nitrogen and oxygen atoms in total. The smallest absolute Gasteiger partial charge is 0.257 e. The first-order chi connectivity index (χ1) is 13.8. The lowest BCUT2D eigenvalue weighted by molar-refractivity contribution is -0.134. The van der Waals surface area contributed by atoms with Gasteiger partial charge in [-0.05, 0) is 55.9 Å². The minimum absolute atomic E-state index is 0.0235. The molecule has 1 amide bonds. The summed E-state index contributed by atoms with van der Waals surface area (Å²) in [4.78, 5) is 19.3. The largest absolute Gasteiger partial charge is 0.463 e. The van der Waals surface area contributed by atoms with Crippen LogP contribution in [0.2, 0.25) is 0 Å². The maximum atomic E-state index is 13.2. The van der Waals surface area contributed by atoms with Crippen molar-refractivity contribution >= 4 is 23.0 Å². The molecule has 2 aromatic rings. The monoisotopic (exact) mass is 398 g/mol. The van der Waals surface area contributed by atoms with Gasteiger partial charge in [0.1, 0.15) is 11.5 Å². The van der Waals surface area contributed by atoms with E-state index in [2.05, 4.69) is 26.3 Å². The number of amides is 1. The van der Waals surface area contributed by atoms with Gasteiger partial charge in [-0.2, -0.15) is 5.10 Å². The molecule has 7 heteroatoms. The molecule has 5 rings (SSSR count). The van der Waals surface area contributed by atoms with Gasteiger partial charge in [-0.3, -0.25) is 14.6 Å². The summed E-state index contributed by atoms with van der Waals surface area (Å²) in [5, 5.41) is 8.44. The van der Waals surface area contributed by atoms with Crippen LogP contribution in [0.3, 0.4) is 0 Å². The van der Waals surface area contributed by atoms with E-state index in [1.165, 1.54) is 37.2 Å². The van der Waals surface area contributed by atoms with Gasteiger partial charge in [-0.15, -0.1) is 11.3 Å². The van der Waals surface area contributed by atoms with Crippen LogP contribution in [-0.2, 0) is 4.79 Å². The van der Waals surface area contributed by atoms with Gasteiger partial charge in [0.05, 0.1) is 18.8 Å². The van der Waals surface area contributed by atoms with Crippen molar-refractivity contribution in [2.24, 2.45) is 5.10 Å². The Morgan fingerprint density at radius 2 is 2.11 bits per heavy atom. The molecule has 0 bridgehead atoms. The van der Waals surface area contributed by atoms with E-state index in [1.807, 2.05) is 18.2 Å². The van der Waals surface area contributed by atoms with E-state index >= 15 is 0 Å². The molecule has 0 saturated carbocycles. The van der Waals surface area contributed by atoms with Crippen LogP contribution >= 0.6 is 11.3 Å². The summed E-state index contributed by atoms with van der Waals surface area (Å²) in [5.74, 6) is 0.842. The number of carbonyl (C=O) groups excluding carboxylic acids is 1. The zero-order valence-electron chi connectivity index (χ0n) is 16.0. The van der Waals surface area contributed by atoms with Crippen LogP contribution in [0, 0.1) is 0 Å². The second-order valence-electron chi connectivity index (χ2n) is 7.92. The number of carbonyl (C=O) groups is 1. The number of likely N-dealkylation sites (tertiary alicyclic amines) is 2. The van der Waals surface area contributed by atoms with Crippen LogP contribution in [0.1, 0.15) is 42.4 Å². The Labute approximate surface area is 169 Å². The molecule has 0 aromatic carbocycles. The highest BCUT2D eigenvalue weighted by Gasteiger charge is 2.37. The maximum Gasteiger partial charge on any atom is 0.257 e. The lowest BCUT2D eigenvalue weighted by Gasteiger charge is -2.25. The SMILES string of the molecule is O=C(CN1CCC(N2CCCC2)C1)N1N=C(c2ccco2)CC1c1cccs1. The molecular formula is C21H26N4O2S.